The number of hydrogen-bond donors (Lipinski definition) is 1. The molecule has 2 aliphatic rings. The van der Waals surface area contributed by atoms with Crippen LogP contribution in [0.5, 0.6) is 5.75 Å². The van der Waals surface area contributed by atoms with E-state index in [-0.39, 0.29) is 6.10 Å². The Morgan fingerprint density at radius 2 is 1.87 bits per heavy atom. The van der Waals surface area contributed by atoms with E-state index in [1.165, 1.54) is 0 Å². The van der Waals surface area contributed by atoms with E-state index in [0.717, 1.165) is 17.5 Å². The topological polar surface area (TPSA) is 66.4 Å². The molecule has 2 aromatic rings. The van der Waals surface area contributed by atoms with Crippen molar-refractivity contribution in [2.75, 3.05) is 26.9 Å². The van der Waals surface area contributed by atoms with Crippen LogP contribution in [0.4, 0.5) is 0 Å². The van der Waals surface area contributed by atoms with E-state index < -0.39 is 12.1 Å². The van der Waals surface area contributed by atoms with Gasteiger partial charge < -0.3 is 28.8 Å². The molecule has 2 saturated heterocycles. The van der Waals surface area contributed by atoms with E-state index in [1.54, 1.807) is 7.11 Å². The van der Waals surface area contributed by atoms with E-state index in [1.807, 2.05) is 48.5 Å². The minimum Gasteiger partial charge on any atom is -0.496 e. The quantitative estimate of drug-likeness (QED) is 0.741. The summed E-state index contributed by atoms with van der Waals surface area (Å²) in [4.78, 5) is 0. The Bertz CT molecular complexity index is 820. The lowest BCUT2D eigenvalue weighted by molar-refractivity contribution is -0.280. The highest BCUT2D eigenvalue weighted by atomic mass is 16.7. The lowest BCUT2D eigenvalue weighted by atomic mass is 9.87. The highest BCUT2D eigenvalue weighted by Gasteiger charge is 2.41. The van der Waals surface area contributed by atoms with E-state index in [2.05, 4.69) is 6.92 Å². The maximum absolute atomic E-state index is 11.4. The summed E-state index contributed by atoms with van der Waals surface area (Å²) < 4.78 is 28.8. The Balaban J connectivity index is 1.47. The summed E-state index contributed by atoms with van der Waals surface area (Å²) in [6.07, 6.45) is 0.677. The Kier molecular flexibility index (Phi) is 6.71. The first kappa shape index (κ1) is 21.3. The summed E-state index contributed by atoms with van der Waals surface area (Å²) in [7, 11) is 1.61. The molecular weight excluding hydrogens is 384 g/mol. The highest BCUT2D eigenvalue weighted by molar-refractivity contribution is 5.40. The molecule has 0 bridgehead atoms. The monoisotopic (exact) mass is 414 g/mol. The van der Waals surface area contributed by atoms with Crippen LogP contribution in [0.3, 0.4) is 0 Å². The Labute approximate surface area is 177 Å². The molecule has 30 heavy (non-hydrogen) atoms. The van der Waals surface area contributed by atoms with Crippen molar-refractivity contribution in [1.29, 1.82) is 0 Å². The van der Waals surface area contributed by atoms with Crippen molar-refractivity contribution in [3.05, 3.63) is 65.2 Å². The normalized spacial score (nSPS) is 27.3. The van der Waals surface area contributed by atoms with Crippen LogP contribution in [-0.4, -0.2) is 38.1 Å². The van der Waals surface area contributed by atoms with Gasteiger partial charge in [0, 0.05) is 12.0 Å². The lowest BCUT2D eigenvalue weighted by Gasteiger charge is -2.40. The first-order chi connectivity index (χ1) is 14.6. The maximum atomic E-state index is 11.4. The van der Waals surface area contributed by atoms with Crippen molar-refractivity contribution in [1.82, 2.24) is 0 Å². The molecule has 2 aliphatic heterocycles. The predicted molar refractivity (Wildman–Crippen MR) is 111 cm³/mol. The molecule has 0 amide bonds. The molecular formula is C24H30O6. The maximum Gasteiger partial charge on any atom is 0.192 e. The van der Waals surface area contributed by atoms with Crippen LogP contribution in [0, 0.1) is 5.92 Å². The largest absolute Gasteiger partial charge is 0.496 e. The van der Waals surface area contributed by atoms with Gasteiger partial charge in [0.1, 0.15) is 5.75 Å². The van der Waals surface area contributed by atoms with Crippen molar-refractivity contribution in [2.45, 2.75) is 44.6 Å². The Hall–Kier alpha value is -1.96. The number of ether oxygens (including phenoxy) is 5. The van der Waals surface area contributed by atoms with Gasteiger partial charge in [-0.05, 0) is 36.1 Å². The molecule has 0 saturated carbocycles. The average molecular weight is 414 g/mol. The fourth-order valence-corrected chi connectivity index (χ4v) is 4.25. The van der Waals surface area contributed by atoms with Crippen molar-refractivity contribution in [3.63, 3.8) is 0 Å². The summed E-state index contributed by atoms with van der Waals surface area (Å²) in [5.41, 5.74) is 2.56. The van der Waals surface area contributed by atoms with Gasteiger partial charge in [0.25, 0.3) is 0 Å². The van der Waals surface area contributed by atoms with Crippen molar-refractivity contribution in [2.24, 2.45) is 5.92 Å². The van der Waals surface area contributed by atoms with Gasteiger partial charge in [-0.2, -0.15) is 0 Å². The molecule has 0 radical (unpaired) electrons. The van der Waals surface area contributed by atoms with Gasteiger partial charge in [0.2, 0.25) is 0 Å². The van der Waals surface area contributed by atoms with E-state index in [4.69, 9.17) is 23.7 Å². The van der Waals surface area contributed by atoms with Gasteiger partial charge in [-0.3, -0.25) is 0 Å². The molecule has 3 atom stereocenters. The van der Waals surface area contributed by atoms with Crippen LogP contribution in [-0.2, 0) is 31.3 Å². The number of rotatable bonds is 7. The number of aliphatic hydroxyl groups is 1. The molecule has 3 unspecified atom stereocenters. The summed E-state index contributed by atoms with van der Waals surface area (Å²) in [6.45, 7) is 4.16. The summed E-state index contributed by atoms with van der Waals surface area (Å²) in [5.74, 6) is -0.433. The van der Waals surface area contributed by atoms with Crippen LogP contribution in [0.15, 0.2) is 48.5 Å². The third kappa shape index (κ3) is 4.85. The Morgan fingerprint density at radius 1 is 1.10 bits per heavy atom. The zero-order valence-electron chi connectivity index (χ0n) is 17.6. The molecule has 1 N–H and O–H groups in total. The summed E-state index contributed by atoms with van der Waals surface area (Å²) >= 11 is 0. The van der Waals surface area contributed by atoms with Crippen LogP contribution >= 0.6 is 0 Å². The van der Waals surface area contributed by atoms with Crippen LogP contribution in [0.25, 0.3) is 0 Å². The van der Waals surface area contributed by atoms with Gasteiger partial charge >= 0.3 is 0 Å². The minimum absolute atomic E-state index is 0.188. The second kappa shape index (κ2) is 9.45. The second-order valence-corrected chi connectivity index (χ2v) is 8.10. The smallest absolute Gasteiger partial charge is 0.192 e. The van der Waals surface area contributed by atoms with Crippen molar-refractivity contribution < 1.29 is 28.8 Å². The highest BCUT2D eigenvalue weighted by Crippen LogP contribution is 2.41. The van der Waals surface area contributed by atoms with Gasteiger partial charge in [-0.25, -0.2) is 0 Å². The predicted octanol–water partition coefficient (Wildman–Crippen LogP) is 3.92. The first-order valence-corrected chi connectivity index (χ1v) is 10.5. The SMILES string of the molecule is COc1ccc(C2(O)CC(C)CC(COCc3ccccc3)O2)cc1C1OCCO1. The van der Waals surface area contributed by atoms with Gasteiger partial charge in [-0.15, -0.1) is 0 Å². The summed E-state index contributed by atoms with van der Waals surface area (Å²) in [5, 5.41) is 11.4. The Morgan fingerprint density at radius 3 is 2.60 bits per heavy atom. The van der Waals surface area contributed by atoms with Gasteiger partial charge in [-0.1, -0.05) is 37.3 Å². The fourth-order valence-electron chi connectivity index (χ4n) is 4.25. The molecule has 0 spiro atoms. The fraction of sp³-hybridized carbons (Fsp3) is 0.500. The lowest BCUT2D eigenvalue weighted by Crippen LogP contribution is -2.43. The van der Waals surface area contributed by atoms with Crippen LogP contribution in [0.2, 0.25) is 0 Å². The van der Waals surface area contributed by atoms with Crippen molar-refractivity contribution in [3.8, 4) is 5.75 Å². The first-order valence-electron chi connectivity index (χ1n) is 10.5. The molecule has 2 heterocycles. The number of benzene rings is 2. The number of methoxy groups -OCH3 is 1. The van der Waals surface area contributed by atoms with Crippen LogP contribution < -0.4 is 4.74 Å². The molecule has 162 valence electrons. The van der Waals surface area contributed by atoms with Crippen LogP contribution in [0.1, 0.15) is 42.7 Å². The zero-order chi connectivity index (χ0) is 21.0. The molecule has 4 rings (SSSR count). The van der Waals surface area contributed by atoms with Gasteiger partial charge in [0.05, 0.1) is 45.2 Å². The van der Waals surface area contributed by atoms with E-state index in [0.29, 0.717) is 50.1 Å². The number of hydrogen-bond acceptors (Lipinski definition) is 6. The molecule has 6 heteroatoms. The third-order valence-corrected chi connectivity index (χ3v) is 5.62. The molecule has 6 nitrogen and oxygen atoms in total. The molecule has 2 aromatic carbocycles. The second-order valence-electron chi connectivity index (χ2n) is 8.10. The summed E-state index contributed by atoms with van der Waals surface area (Å²) in [6, 6.07) is 15.6. The average Bonchev–Trinajstić information content (AvgIpc) is 3.28. The molecule has 0 aromatic heterocycles. The zero-order valence-corrected chi connectivity index (χ0v) is 17.6. The standard InChI is InChI=1S/C24H30O6/c1-17-12-20(16-27-15-18-6-4-3-5-7-18)30-24(25,14-17)19-8-9-22(26-2)21(13-19)23-28-10-11-29-23/h3-9,13,17,20,23,25H,10-12,14-16H2,1-2H3. The van der Waals surface area contributed by atoms with Gasteiger partial charge in [0.15, 0.2) is 12.1 Å². The molecule has 0 aliphatic carbocycles. The van der Waals surface area contributed by atoms with E-state index in [9.17, 15) is 5.11 Å². The molecule has 2 fully saturated rings. The minimum atomic E-state index is -1.39. The van der Waals surface area contributed by atoms with E-state index >= 15 is 0 Å². The van der Waals surface area contributed by atoms with Crippen molar-refractivity contribution >= 4 is 0 Å². The third-order valence-electron chi connectivity index (χ3n) is 5.62.